The van der Waals surface area contributed by atoms with Crippen molar-refractivity contribution in [2.24, 2.45) is 5.16 Å². The van der Waals surface area contributed by atoms with Gasteiger partial charge in [-0.15, -0.1) is 0 Å². The van der Waals surface area contributed by atoms with Gasteiger partial charge in [-0.25, -0.2) is 4.79 Å². The van der Waals surface area contributed by atoms with E-state index in [1.807, 2.05) is 0 Å². The number of methoxy groups -OCH3 is 1. The SMILES string of the molecule is COC(=O)CCC1=NOC(C(=O)OC(C)(C)C)C1. The molecule has 0 N–H and O–H groups in total. The van der Waals surface area contributed by atoms with Gasteiger partial charge in [0.2, 0.25) is 6.10 Å². The van der Waals surface area contributed by atoms with E-state index in [1.165, 1.54) is 7.11 Å². The Hall–Kier alpha value is -1.59. The highest BCUT2D eigenvalue weighted by Crippen LogP contribution is 2.18. The predicted molar refractivity (Wildman–Crippen MR) is 64.0 cm³/mol. The summed E-state index contributed by atoms with van der Waals surface area (Å²) >= 11 is 0. The number of carbonyl (C=O) groups excluding carboxylic acids is 2. The van der Waals surface area contributed by atoms with Crippen LogP contribution in [0.3, 0.4) is 0 Å². The van der Waals surface area contributed by atoms with Gasteiger partial charge in [-0.05, 0) is 27.2 Å². The Balaban J connectivity index is 2.35. The van der Waals surface area contributed by atoms with Crippen LogP contribution in [-0.2, 0) is 23.9 Å². The molecule has 6 nitrogen and oxygen atoms in total. The van der Waals surface area contributed by atoms with E-state index in [-0.39, 0.29) is 12.4 Å². The fourth-order valence-corrected chi connectivity index (χ4v) is 1.42. The second kappa shape index (κ2) is 5.84. The minimum atomic E-state index is -0.697. The Kier molecular flexibility index (Phi) is 4.69. The number of nitrogens with zero attached hydrogens (tertiary/aromatic N) is 1. The molecule has 1 rings (SSSR count). The molecule has 1 aliphatic heterocycles. The van der Waals surface area contributed by atoms with Gasteiger partial charge < -0.3 is 14.3 Å². The predicted octanol–water partition coefficient (Wildman–Crippen LogP) is 1.43. The quantitative estimate of drug-likeness (QED) is 0.712. The molecule has 0 spiro atoms. The minimum absolute atomic E-state index is 0.236. The van der Waals surface area contributed by atoms with Gasteiger partial charge in [0.1, 0.15) is 5.60 Å². The molecule has 1 atom stereocenters. The maximum Gasteiger partial charge on any atom is 0.351 e. The van der Waals surface area contributed by atoms with Crippen LogP contribution in [0.15, 0.2) is 5.16 Å². The molecule has 0 aromatic rings. The Morgan fingerprint density at radius 1 is 1.44 bits per heavy atom. The van der Waals surface area contributed by atoms with Gasteiger partial charge in [0.05, 0.1) is 19.2 Å². The second-order valence-corrected chi connectivity index (χ2v) is 5.07. The summed E-state index contributed by atoms with van der Waals surface area (Å²) in [6.45, 7) is 5.37. The Morgan fingerprint density at radius 2 is 2.11 bits per heavy atom. The van der Waals surface area contributed by atoms with Crippen molar-refractivity contribution in [3.8, 4) is 0 Å². The maximum absolute atomic E-state index is 11.7. The van der Waals surface area contributed by atoms with Crippen molar-refractivity contribution in [2.75, 3.05) is 7.11 Å². The highest BCUT2D eigenvalue weighted by molar-refractivity contribution is 5.92. The molecule has 0 saturated heterocycles. The lowest BCUT2D eigenvalue weighted by atomic mass is 10.1. The van der Waals surface area contributed by atoms with Crippen LogP contribution in [0.1, 0.15) is 40.0 Å². The van der Waals surface area contributed by atoms with Crippen molar-refractivity contribution in [1.82, 2.24) is 0 Å². The Bertz CT molecular complexity index is 356. The molecule has 0 saturated carbocycles. The smallest absolute Gasteiger partial charge is 0.351 e. The lowest BCUT2D eigenvalue weighted by Gasteiger charge is -2.20. The normalized spacial score (nSPS) is 18.9. The number of hydrogen-bond acceptors (Lipinski definition) is 6. The maximum atomic E-state index is 11.7. The lowest BCUT2D eigenvalue weighted by molar-refractivity contribution is -0.166. The summed E-state index contributed by atoms with van der Waals surface area (Å²) in [4.78, 5) is 27.7. The summed E-state index contributed by atoms with van der Waals surface area (Å²) in [5, 5.41) is 3.78. The molecule has 0 amide bonds. The van der Waals surface area contributed by atoms with Gasteiger partial charge in [-0.2, -0.15) is 0 Å². The Morgan fingerprint density at radius 3 is 2.67 bits per heavy atom. The molecule has 6 heteroatoms. The van der Waals surface area contributed by atoms with Crippen LogP contribution in [0.4, 0.5) is 0 Å². The van der Waals surface area contributed by atoms with Crippen LogP contribution in [0.25, 0.3) is 0 Å². The number of ether oxygens (including phenoxy) is 2. The summed E-state index contributed by atoms with van der Waals surface area (Å²) in [5.41, 5.74) is 0.131. The number of rotatable bonds is 4. The highest BCUT2D eigenvalue weighted by Gasteiger charge is 2.32. The van der Waals surface area contributed by atoms with Crippen molar-refractivity contribution in [1.29, 1.82) is 0 Å². The lowest BCUT2D eigenvalue weighted by Crippen LogP contribution is -2.31. The van der Waals surface area contributed by atoms with Gasteiger partial charge in [0.25, 0.3) is 0 Å². The Labute approximate surface area is 106 Å². The fraction of sp³-hybridized carbons (Fsp3) is 0.750. The molecule has 1 aliphatic rings. The molecule has 0 aliphatic carbocycles. The van der Waals surface area contributed by atoms with Crippen molar-refractivity contribution < 1.29 is 23.9 Å². The molecule has 0 aromatic heterocycles. The van der Waals surface area contributed by atoms with Crippen molar-refractivity contribution >= 4 is 17.7 Å². The third-order valence-electron chi connectivity index (χ3n) is 2.25. The van der Waals surface area contributed by atoms with Gasteiger partial charge in [-0.3, -0.25) is 4.79 Å². The van der Waals surface area contributed by atoms with E-state index in [9.17, 15) is 9.59 Å². The first-order valence-electron chi connectivity index (χ1n) is 5.83. The number of esters is 2. The van der Waals surface area contributed by atoms with E-state index in [4.69, 9.17) is 9.57 Å². The van der Waals surface area contributed by atoms with Gasteiger partial charge in [0, 0.05) is 6.42 Å². The van der Waals surface area contributed by atoms with Gasteiger partial charge in [0.15, 0.2) is 0 Å². The molecule has 18 heavy (non-hydrogen) atoms. The van der Waals surface area contributed by atoms with E-state index in [0.29, 0.717) is 18.6 Å². The van der Waals surface area contributed by atoms with Crippen LogP contribution in [0.2, 0.25) is 0 Å². The van der Waals surface area contributed by atoms with Crippen LogP contribution < -0.4 is 0 Å². The van der Waals surface area contributed by atoms with E-state index < -0.39 is 17.7 Å². The zero-order valence-corrected chi connectivity index (χ0v) is 11.2. The summed E-state index contributed by atoms with van der Waals surface area (Å²) < 4.78 is 9.71. The third-order valence-corrected chi connectivity index (χ3v) is 2.25. The van der Waals surface area contributed by atoms with Crippen LogP contribution >= 0.6 is 0 Å². The molecule has 0 bridgehead atoms. The van der Waals surface area contributed by atoms with Crippen LogP contribution in [0, 0.1) is 0 Å². The van der Waals surface area contributed by atoms with E-state index in [1.54, 1.807) is 20.8 Å². The molecule has 1 unspecified atom stereocenters. The average molecular weight is 257 g/mol. The second-order valence-electron chi connectivity index (χ2n) is 5.07. The number of carbonyl (C=O) groups is 2. The summed E-state index contributed by atoms with van der Waals surface area (Å²) in [6, 6.07) is 0. The molecule has 0 aromatic carbocycles. The number of oxime groups is 1. The molecular weight excluding hydrogens is 238 g/mol. The monoisotopic (exact) mass is 257 g/mol. The highest BCUT2D eigenvalue weighted by atomic mass is 16.7. The number of hydrogen-bond donors (Lipinski definition) is 0. The van der Waals surface area contributed by atoms with Gasteiger partial charge >= 0.3 is 11.9 Å². The average Bonchev–Trinajstić information content (AvgIpc) is 2.72. The first kappa shape index (κ1) is 14.5. The summed E-state index contributed by atoms with van der Waals surface area (Å²) in [5.74, 6) is -0.738. The minimum Gasteiger partial charge on any atom is -0.469 e. The van der Waals surface area contributed by atoms with Crippen molar-refractivity contribution in [2.45, 2.75) is 51.7 Å². The topological polar surface area (TPSA) is 74.2 Å². The first-order chi connectivity index (χ1) is 8.31. The fourth-order valence-electron chi connectivity index (χ4n) is 1.42. The van der Waals surface area contributed by atoms with E-state index >= 15 is 0 Å². The van der Waals surface area contributed by atoms with E-state index in [2.05, 4.69) is 9.89 Å². The molecule has 0 radical (unpaired) electrons. The first-order valence-corrected chi connectivity index (χ1v) is 5.83. The summed E-state index contributed by atoms with van der Waals surface area (Å²) in [7, 11) is 1.33. The molecular formula is C12H19NO5. The zero-order chi connectivity index (χ0) is 13.8. The zero-order valence-electron chi connectivity index (χ0n) is 11.2. The molecule has 0 fully saturated rings. The third kappa shape index (κ3) is 4.73. The largest absolute Gasteiger partial charge is 0.469 e. The van der Waals surface area contributed by atoms with E-state index in [0.717, 1.165) is 0 Å². The molecule has 102 valence electrons. The van der Waals surface area contributed by atoms with Crippen molar-refractivity contribution in [3.63, 3.8) is 0 Å². The summed E-state index contributed by atoms with van der Waals surface area (Å²) in [6.07, 6.45) is 0.342. The molecule has 1 heterocycles. The van der Waals surface area contributed by atoms with Crippen LogP contribution in [-0.4, -0.2) is 36.5 Å². The van der Waals surface area contributed by atoms with Crippen molar-refractivity contribution in [3.05, 3.63) is 0 Å². The van der Waals surface area contributed by atoms with Gasteiger partial charge in [-0.1, -0.05) is 5.16 Å². The standard InChI is InChI=1S/C12H19NO5/c1-12(2,3)17-11(15)9-7-8(13-18-9)5-6-10(14)16-4/h9H,5-7H2,1-4H3. The van der Waals surface area contributed by atoms with Crippen LogP contribution in [0.5, 0.6) is 0 Å².